The highest BCUT2D eigenvalue weighted by atomic mass is 32.1. The minimum Gasteiger partial charge on any atom is -0.370 e. The van der Waals surface area contributed by atoms with Gasteiger partial charge < -0.3 is 10.6 Å². The van der Waals surface area contributed by atoms with Gasteiger partial charge in [0.1, 0.15) is 0 Å². The Kier molecular flexibility index (Phi) is 1.85. The van der Waals surface area contributed by atoms with Crippen LogP contribution in [-0.4, -0.2) is 36.2 Å². The quantitative estimate of drug-likeness (QED) is 0.453. The Hall–Kier alpha value is -0.380. The molecule has 0 saturated heterocycles. The van der Waals surface area contributed by atoms with E-state index in [4.69, 9.17) is 5.73 Å². The first kappa shape index (κ1) is 6.74. The molecule has 1 aliphatic heterocycles. The lowest BCUT2D eigenvalue weighted by Crippen LogP contribution is -2.42. The zero-order valence-electron chi connectivity index (χ0n) is 5.41. The van der Waals surface area contributed by atoms with E-state index in [9.17, 15) is 0 Å². The van der Waals surface area contributed by atoms with E-state index >= 15 is 0 Å². The van der Waals surface area contributed by atoms with Crippen LogP contribution >= 0.6 is 12.6 Å². The molecule has 0 aromatic heterocycles. The SMILES string of the molecule is CN1CC(S)CN=C1N. The molecule has 1 heterocycles. The van der Waals surface area contributed by atoms with Crippen LogP contribution in [0.2, 0.25) is 0 Å². The van der Waals surface area contributed by atoms with Gasteiger partial charge in [-0.25, -0.2) is 0 Å². The predicted molar refractivity (Wildman–Crippen MR) is 41.9 cm³/mol. The maximum atomic E-state index is 5.48. The maximum Gasteiger partial charge on any atom is 0.191 e. The fraction of sp³-hybridized carbons (Fsp3) is 0.800. The molecule has 0 aromatic carbocycles. The van der Waals surface area contributed by atoms with E-state index in [1.807, 2.05) is 11.9 Å². The van der Waals surface area contributed by atoms with Gasteiger partial charge in [0, 0.05) is 18.8 Å². The third kappa shape index (κ3) is 1.51. The summed E-state index contributed by atoms with van der Waals surface area (Å²) in [4.78, 5) is 5.94. The van der Waals surface area contributed by atoms with Crippen LogP contribution in [0.1, 0.15) is 0 Å². The highest BCUT2D eigenvalue weighted by molar-refractivity contribution is 7.81. The molecule has 0 bridgehead atoms. The molecule has 0 fully saturated rings. The Morgan fingerprint density at radius 1 is 1.89 bits per heavy atom. The topological polar surface area (TPSA) is 41.6 Å². The summed E-state index contributed by atoms with van der Waals surface area (Å²) >= 11 is 4.26. The van der Waals surface area contributed by atoms with Crippen molar-refractivity contribution in [1.82, 2.24) is 4.90 Å². The molecule has 3 nitrogen and oxygen atoms in total. The zero-order valence-corrected chi connectivity index (χ0v) is 6.30. The Labute approximate surface area is 60.3 Å². The number of rotatable bonds is 0. The largest absolute Gasteiger partial charge is 0.370 e. The Bertz CT molecular complexity index is 134. The van der Waals surface area contributed by atoms with E-state index in [-0.39, 0.29) is 0 Å². The van der Waals surface area contributed by atoms with Crippen LogP contribution in [0.15, 0.2) is 4.99 Å². The van der Waals surface area contributed by atoms with Crippen LogP contribution in [-0.2, 0) is 0 Å². The summed E-state index contributed by atoms with van der Waals surface area (Å²) in [5.41, 5.74) is 5.48. The molecule has 0 aliphatic carbocycles. The lowest BCUT2D eigenvalue weighted by Gasteiger charge is -2.25. The molecule has 9 heavy (non-hydrogen) atoms. The van der Waals surface area contributed by atoms with Crippen LogP contribution in [0.3, 0.4) is 0 Å². The molecule has 1 unspecified atom stereocenters. The minimum absolute atomic E-state index is 0.349. The number of hydrogen-bond acceptors (Lipinski definition) is 4. The first-order chi connectivity index (χ1) is 4.20. The van der Waals surface area contributed by atoms with Crippen molar-refractivity contribution in [3.8, 4) is 0 Å². The first-order valence-electron chi connectivity index (χ1n) is 2.89. The van der Waals surface area contributed by atoms with E-state index in [0.717, 1.165) is 13.1 Å². The van der Waals surface area contributed by atoms with Crippen molar-refractivity contribution in [2.75, 3.05) is 20.1 Å². The molecule has 0 spiro atoms. The van der Waals surface area contributed by atoms with Gasteiger partial charge in [0.05, 0.1) is 6.54 Å². The Morgan fingerprint density at radius 2 is 2.56 bits per heavy atom. The summed E-state index contributed by atoms with van der Waals surface area (Å²) in [5.74, 6) is 0.625. The lowest BCUT2D eigenvalue weighted by atomic mass is 10.3. The molecular formula is C5H11N3S. The number of nitrogens with zero attached hydrogens (tertiary/aromatic N) is 2. The lowest BCUT2D eigenvalue weighted by molar-refractivity contribution is 0.470. The fourth-order valence-corrected chi connectivity index (χ4v) is 1.11. The normalized spacial score (nSPS) is 28.0. The second-order valence-corrected chi connectivity index (χ2v) is 2.96. The molecule has 2 N–H and O–H groups in total. The number of thiol groups is 1. The fourth-order valence-electron chi connectivity index (χ4n) is 0.787. The first-order valence-corrected chi connectivity index (χ1v) is 3.41. The smallest absolute Gasteiger partial charge is 0.191 e. The highest BCUT2D eigenvalue weighted by Gasteiger charge is 2.13. The van der Waals surface area contributed by atoms with Crippen molar-refractivity contribution in [3.63, 3.8) is 0 Å². The van der Waals surface area contributed by atoms with Crippen molar-refractivity contribution in [3.05, 3.63) is 0 Å². The third-order valence-electron chi connectivity index (χ3n) is 1.34. The van der Waals surface area contributed by atoms with Crippen molar-refractivity contribution >= 4 is 18.6 Å². The van der Waals surface area contributed by atoms with E-state index in [0.29, 0.717) is 11.2 Å². The van der Waals surface area contributed by atoms with E-state index in [1.54, 1.807) is 0 Å². The van der Waals surface area contributed by atoms with E-state index in [2.05, 4.69) is 17.6 Å². The molecule has 1 aliphatic rings. The van der Waals surface area contributed by atoms with Crippen LogP contribution in [0.25, 0.3) is 0 Å². The van der Waals surface area contributed by atoms with Gasteiger partial charge in [-0.3, -0.25) is 4.99 Å². The van der Waals surface area contributed by atoms with E-state index < -0.39 is 0 Å². The van der Waals surface area contributed by atoms with Gasteiger partial charge >= 0.3 is 0 Å². The summed E-state index contributed by atoms with van der Waals surface area (Å²) in [6.45, 7) is 1.65. The van der Waals surface area contributed by atoms with Gasteiger partial charge in [0.15, 0.2) is 5.96 Å². The Morgan fingerprint density at radius 3 is 3.00 bits per heavy atom. The van der Waals surface area contributed by atoms with Crippen LogP contribution in [0.4, 0.5) is 0 Å². The molecule has 1 rings (SSSR count). The average Bonchev–Trinajstić information content (AvgIpc) is 1.80. The van der Waals surface area contributed by atoms with Crippen LogP contribution in [0.5, 0.6) is 0 Å². The maximum absolute atomic E-state index is 5.48. The molecular weight excluding hydrogens is 134 g/mol. The monoisotopic (exact) mass is 145 g/mol. The number of guanidine groups is 1. The van der Waals surface area contributed by atoms with Crippen molar-refractivity contribution in [2.24, 2.45) is 10.7 Å². The molecule has 4 heteroatoms. The second-order valence-electron chi connectivity index (χ2n) is 2.23. The van der Waals surface area contributed by atoms with Gasteiger partial charge in [0.2, 0.25) is 0 Å². The second kappa shape index (κ2) is 2.47. The summed E-state index contributed by atoms with van der Waals surface area (Å²) in [6.07, 6.45) is 0. The van der Waals surface area contributed by atoms with E-state index in [1.165, 1.54) is 0 Å². The average molecular weight is 145 g/mol. The molecule has 0 radical (unpaired) electrons. The summed E-state index contributed by atoms with van der Waals surface area (Å²) in [7, 11) is 1.92. The van der Waals surface area contributed by atoms with Gasteiger partial charge in [-0.1, -0.05) is 0 Å². The van der Waals surface area contributed by atoms with Gasteiger partial charge in [-0.05, 0) is 0 Å². The molecule has 1 atom stereocenters. The van der Waals surface area contributed by atoms with Crippen LogP contribution < -0.4 is 5.73 Å². The van der Waals surface area contributed by atoms with Gasteiger partial charge in [-0.2, -0.15) is 12.6 Å². The molecule has 0 aromatic rings. The predicted octanol–water partition coefficient (Wildman–Crippen LogP) is -0.455. The number of aliphatic imine (C=N–C) groups is 1. The summed E-state index contributed by atoms with van der Waals surface area (Å²) < 4.78 is 0. The highest BCUT2D eigenvalue weighted by Crippen LogP contribution is 2.03. The van der Waals surface area contributed by atoms with Crippen LogP contribution in [0, 0.1) is 0 Å². The standard InChI is InChI=1S/C5H11N3S/c1-8-3-4(9)2-7-5(8)6/h4,9H,2-3H2,1H3,(H2,6,7). The van der Waals surface area contributed by atoms with Crippen molar-refractivity contribution < 1.29 is 0 Å². The molecule has 0 saturated carbocycles. The molecule has 0 amide bonds. The number of hydrogen-bond donors (Lipinski definition) is 2. The van der Waals surface area contributed by atoms with Crippen molar-refractivity contribution in [2.45, 2.75) is 5.25 Å². The third-order valence-corrected chi connectivity index (χ3v) is 1.67. The Balaban J connectivity index is 2.56. The molecule has 52 valence electrons. The minimum atomic E-state index is 0.349. The summed E-state index contributed by atoms with van der Waals surface area (Å²) in [5, 5.41) is 0.349. The zero-order chi connectivity index (χ0) is 6.85. The van der Waals surface area contributed by atoms with Crippen molar-refractivity contribution in [1.29, 1.82) is 0 Å². The van der Waals surface area contributed by atoms with Gasteiger partial charge in [-0.15, -0.1) is 0 Å². The summed E-state index contributed by atoms with van der Waals surface area (Å²) in [6, 6.07) is 0. The number of nitrogens with two attached hydrogens (primary N) is 1. The van der Waals surface area contributed by atoms with Gasteiger partial charge in [0.25, 0.3) is 0 Å².